The number of nitrogens with one attached hydrogen (secondary N) is 1. The van der Waals surface area contributed by atoms with Gasteiger partial charge in [-0.1, -0.05) is 5.16 Å². The van der Waals surface area contributed by atoms with E-state index in [1.165, 1.54) is 23.2 Å². The Morgan fingerprint density at radius 3 is 3.00 bits per heavy atom. The molecule has 0 fully saturated rings. The highest BCUT2D eigenvalue weighted by Crippen LogP contribution is 1.98. The Bertz CT molecular complexity index is 566. The number of nitrogen functional groups attached to an aromatic ring is 1. The Labute approximate surface area is 83.1 Å². The molecule has 0 bridgehead atoms. The normalized spacial score (nSPS) is 10.4. The van der Waals surface area contributed by atoms with Crippen molar-refractivity contribution in [2.45, 2.75) is 6.54 Å². The Hall–Kier alpha value is -2.31. The minimum atomic E-state index is -0.582. The molecule has 0 saturated heterocycles. The number of H-pyrrole nitrogens is 1. The molecule has 3 N–H and O–H groups in total. The molecule has 2 heterocycles. The summed E-state index contributed by atoms with van der Waals surface area (Å²) in [7, 11) is 0. The summed E-state index contributed by atoms with van der Waals surface area (Å²) >= 11 is 0. The Morgan fingerprint density at radius 2 is 2.33 bits per heavy atom. The zero-order valence-corrected chi connectivity index (χ0v) is 7.64. The fourth-order valence-corrected chi connectivity index (χ4v) is 1.15. The SMILES string of the molecule is Nc1cn(Cc2cnoc2)c(=O)[nH]c1=O. The fourth-order valence-electron chi connectivity index (χ4n) is 1.15. The first-order valence-electron chi connectivity index (χ1n) is 4.14. The first-order chi connectivity index (χ1) is 7.16. The van der Waals surface area contributed by atoms with E-state index < -0.39 is 11.2 Å². The molecule has 0 aliphatic heterocycles. The van der Waals surface area contributed by atoms with Gasteiger partial charge in [-0.15, -0.1) is 0 Å². The number of anilines is 1. The van der Waals surface area contributed by atoms with Crippen molar-refractivity contribution in [3.05, 3.63) is 45.1 Å². The highest BCUT2D eigenvalue weighted by atomic mass is 16.5. The molecule has 2 rings (SSSR count). The van der Waals surface area contributed by atoms with E-state index in [1.807, 2.05) is 0 Å². The van der Waals surface area contributed by atoms with Crippen molar-refractivity contribution in [3.63, 3.8) is 0 Å². The van der Waals surface area contributed by atoms with E-state index in [4.69, 9.17) is 5.73 Å². The maximum Gasteiger partial charge on any atom is 0.328 e. The van der Waals surface area contributed by atoms with E-state index in [0.29, 0.717) is 5.56 Å². The van der Waals surface area contributed by atoms with Gasteiger partial charge in [0.1, 0.15) is 12.0 Å². The van der Waals surface area contributed by atoms with Crippen LogP contribution in [-0.2, 0) is 6.54 Å². The average molecular weight is 208 g/mol. The molecule has 0 aromatic carbocycles. The molecule has 7 heteroatoms. The van der Waals surface area contributed by atoms with Gasteiger partial charge in [0.05, 0.1) is 12.7 Å². The molecule has 0 atom stereocenters. The highest BCUT2D eigenvalue weighted by molar-refractivity contribution is 5.30. The monoisotopic (exact) mass is 208 g/mol. The van der Waals surface area contributed by atoms with Crippen molar-refractivity contribution in [2.24, 2.45) is 0 Å². The zero-order chi connectivity index (χ0) is 10.8. The molecule has 0 radical (unpaired) electrons. The van der Waals surface area contributed by atoms with Gasteiger partial charge < -0.3 is 10.3 Å². The molecule has 78 valence electrons. The quantitative estimate of drug-likeness (QED) is 0.668. The topological polar surface area (TPSA) is 107 Å². The van der Waals surface area contributed by atoms with Crippen LogP contribution >= 0.6 is 0 Å². The lowest BCUT2D eigenvalue weighted by Gasteiger charge is -2.02. The highest BCUT2D eigenvalue weighted by Gasteiger charge is 2.03. The summed E-state index contributed by atoms with van der Waals surface area (Å²) in [6.45, 7) is 0.253. The number of aromatic amines is 1. The number of nitrogens with two attached hydrogens (primary N) is 1. The van der Waals surface area contributed by atoms with E-state index >= 15 is 0 Å². The summed E-state index contributed by atoms with van der Waals surface area (Å²) in [4.78, 5) is 24.4. The number of hydrogen-bond donors (Lipinski definition) is 2. The molecule has 0 amide bonds. The summed E-state index contributed by atoms with van der Waals surface area (Å²) in [6, 6.07) is 0. The van der Waals surface area contributed by atoms with E-state index in [1.54, 1.807) is 0 Å². The molecule has 0 aliphatic carbocycles. The summed E-state index contributed by atoms with van der Waals surface area (Å²) < 4.78 is 5.88. The van der Waals surface area contributed by atoms with Gasteiger partial charge in [-0.2, -0.15) is 0 Å². The van der Waals surface area contributed by atoms with Gasteiger partial charge in [-0.3, -0.25) is 14.3 Å². The number of hydrogen-bond acceptors (Lipinski definition) is 5. The van der Waals surface area contributed by atoms with E-state index in [9.17, 15) is 9.59 Å². The van der Waals surface area contributed by atoms with Crippen LogP contribution in [0.1, 0.15) is 5.56 Å². The molecule has 7 nitrogen and oxygen atoms in total. The van der Waals surface area contributed by atoms with E-state index in [2.05, 4.69) is 14.7 Å². The second-order valence-electron chi connectivity index (χ2n) is 3.00. The molecule has 0 saturated carbocycles. The average Bonchev–Trinajstić information content (AvgIpc) is 2.67. The lowest BCUT2D eigenvalue weighted by molar-refractivity contribution is 0.418. The van der Waals surface area contributed by atoms with Crippen molar-refractivity contribution >= 4 is 5.69 Å². The van der Waals surface area contributed by atoms with Crippen molar-refractivity contribution in [1.82, 2.24) is 14.7 Å². The van der Waals surface area contributed by atoms with Gasteiger partial charge >= 0.3 is 5.69 Å². The zero-order valence-electron chi connectivity index (χ0n) is 7.64. The van der Waals surface area contributed by atoms with Crippen molar-refractivity contribution in [1.29, 1.82) is 0 Å². The van der Waals surface area contributed by atoms with Gasteiger partial charge in [0.2, 0.25) is 0 Å². The van der Waals surface area contributed by atoms with Gasteiger partial charge in [-0.05, 0) is 0 Å². The first kappa shape index (κ1) is 9.25. The summed E-state index contributed by atoms with van der Waals surface area (Å²) in [5.41, 5.74) is 4.98. The van der Waals surface area contributed by atoms with Crippen LogP contribution in [0.25, 0.3) is 0 Å². The fraction of sp³-hybridized carbons (Fsp3) is 0.125. The smallest absolute Gasteiger partial charge is 0.328 e. The largest absolute Gasteiger partial charge is 0.393 e. The van der Waals surface area contributed by atoms with Crippen molar-refractivity contribution in [3.8, 4) is 0 Å². The standard InChI is InChI=1S/C8H8N4O3/c9-6-3-12(8(14)11-7(6)13)2-5-1-10-15-4-5/h1,3-4H,2,9H2,(H,11,13,14). The molecule has 15 heavy (non-hydrogen) atoms. The number of rotatable bonds is 2. The maximum atomic E-state index is 11.3. The van der Waals surface area contributed by atoms with Crippen LogP contribution in [0.15, 0.2) is 32.8 Å². The Kier molecular flexibility index (Phi) is 2.13. The van der Waals surface area contributed by atoms with Crippen LogP contribution in [0.5, 0.6) is 0 Å². The predicted octanol–water partition coefficient (Wildman–Crippen LogP) is -0.845. The summed E-state index contributed by atoms with van der Waals surface area (Å²) in [5, 5.41) is 3.49. The van der Waals surface area contributed by atoms with E-state index in [0.717, 1.165) is 0 Å². The van der Waals surface area contributed by atoms with Gasteiger partial charge in [0.15, 0.2) is 0 Å². The van der Waals surface area contributed by atoms with Crippen LogP contribution in [0.4, 0.5) is 5.69 Å². The molecule has 2 aromatic heterocycles. The third-order valence-corrected chi connectivity index (χ3v) is 1.87. The van der Waals surface area contributed by atoms with Crippen molar-refractivity contribution < 1.29 is 4.52 Å². The summed E-state index contributed by atoms with van der Waals surface area (Å²) in [6.07, 6.45) is 4.18. The third kappa shape index (κ3) is 1.80. The second-order valence-corrected chi connectivity index (χ2v) is 3.00. The van der Waals surface area contributed by atoms with Crippen LogP contribution in [0, 0.1) is 0 Å². The van der Waals surface area contributed by atoms with Gasteiger partial charge in [0, 0.05) is 11.8 Å². The van der Waals surface area contributed by atoms with E-state index in [-0.39, 0.29) is 12.2 Å². The van der Waals surface area contributed by atoms with Gasteiger partial charge in [-0.25, -0.2) is 4.79 Å². The molecular weight excluding hydrogens is 200 g/mol. The Balaban J connectivity index is 2.42. The minimum absolute atomic E-state index is 0.00828. The first-order valence-corrected chi connectivity index (χ1v) is 4.14. The molecule has 0 aliphatic rings. The predicted molar refractivity (Wildman–Crippen MR) is 51.3 cm³/mol. The number of aromatic nitrogens is 3. The number of nitrogens with zero attached hydrogens (tertiary/aromatic N) is 2. The van der Waals surface area contributed by atoms with Crippen LogP contribution in [0.2, 0.25) is 0 Å². The van der Waals surface area contributed by atoms with Crippen molar-refractivity contribution in [2.75, 3.05) is 5.73 Å². The van der Waals surface area contributed by atoms with Crippen LogP contribution in [-0.4, -0.2) is 14.7 Å². The lowest BCUT2D eigenvalue weighted by atomic mass is 10.3. The second kappa shape index (κ2) is 3.45. The van der Waals surface area contributed by atoms with Crippen LogP contribution < -0.4 is 17.0 Å². The summed E-state index contributed by atoms with van der Waals surface area (Å²) in [5.74, 6) is 0. The molecular formula is C8H8N4O3. The molecule has 2 aromatic rings. The van der Waals surface area contributed by atoms with Crippen LogP contribution in [0.3, 0.4) is 0 Å². The minimum Gasteiger partial charge on any atom is -0.393 e. The lowest BCUT2D eigenvalue weighted by Crippen LogP contribution is -2.31. The third-order valence-electron chi connectivity index (χ3n) is 1.87. The molecule has 0 spiro atoms. The molecule has 0 unspecified atom stereocenters. The Morgan fingerprint density at radius 1 is 1.53 bits per heavy atom. The van der Waals surface area contributed by atoms with Gasteiger partial charge in [0.25, 0.3) is 5.56 Å². The maximum absolute atomic E-state index is 11.3.